The summed E-state index contributed by atoms with van der Waals surface area (Å²) >= 11 is 4.88. The van der Waals surface area contributed by atoms with Gasteiger partial charge in [-0.25, -0.2) is 12.7 Å². The number of thiophene rings is 1. The molecule has 0 aliphatic carbocycles. The summed E-state index contributed by atoms with van der Waals surface area (Å²) in [6.45, 7) is 0.230. The van der Waals surface area contributed by atoms with Gasteiger partial charge in [-0.3, -0.25) is 0 Å². The number of benzene rings is 1. The Morgan fingerprint density at radius 2 is 2.10 bits per heavy atom. The lowest BCUT2D eigenvalue weighted by Crippen LogP contribution is -2.29. The van der Waals surface area contributed by atoms with Crippen LogP contribution in [-0.2, 0) is 23.1 Å². The molecule has 114 valence electrons. The van der Waals surface area contributed by atoms with Gasteiger partial charge in [-0.1, -0.05) is 12.1 Å². The Labute approximate surface area is 137 Å². The zero-order valence-electron chi connectivity index (χ0n) is 11.5. The predicted octanol–water partition coefficient (Wildman–Crippen LogP) is 2.87. The molecular formula is C14H16BrNO3S2. The summed E-state index contributed by atoms with van der Waals surface area (Å²) in [5, 5.41) is 11.1. The largest absolute Gasteiger partial charge is 0.392 e. The van der Waals surface area contributed by atoms with Gasteiger partial charge in [-0.15, -0.1) is 11.3 Å². The van der Waals surface area contributed by atoms with E-state index in [2.05, 4.69) is 15.9 Å². The van der Waals surface area contributed by atoms with E-state index in [4.69, 9.17) is 5.11 Å². The van der Waals surface area contributed by atoms with Crippen LogP contribution in [0, 0.1) is 0 Å². The van der Waals surface area contributed by atoms with Crippen molar-refractivity contribution >= 4 is 37.3 Å². The Morgan fingerprint density at radius 3 is 2.71 bits per heavy atom. The summed E-state index contributed by atoms with van der Waals surface area (Å²) in [7, 11) is -2.01. The fourth-order valence-electron chi connectivity index (χ4n) is 1.85. The Balaban J connectivity index is 2.20. The van der Waals surface area contributed by atoms with Gasteiger partial charge in [0.1, 0.15) is 0 Å². The summed E-state index contributed by atoms with van der Waals surface area (Å²) in [6.07, 6.45) is 0.685. The number of sulfonamides is 1. The normalized spacial score (nSPS) is 12.0. The van der Waals surface area contributed by atoms with Crippen LogP contribution in [0.5, 0.6) is 0 Å². The smallest absolute Gasteiger partial charge is 0.243 e. The van der Waals surface area contributed by atoms with E-state index in [9.17, 15) is 8.42 Å². The van der Waals surface area contributed by atoms with Crippen LogP contribution in [0.15, 0.2) is 45.1 Å². The summed E-state index contributed by atoms with van der Waals surface area (Å²) < 4.78 is 27.0. The summed E-state index contributed by atoms with van der Waals surface area (Å²) in [4.78, 5) is 1.34. The highest BCUT2D eigenvalue weighted by Crippen LogP contribution is 2.26. The maximum Gasteiger partial charge on any atom is 0.243 e. The average molecular weight is 390 g/mol. The van der Waals surface area contributed by atoms with Gasteiger partial charge in [0.25, 0.3) is 0 Å². The molecule has 0 aliphatic rings. The highest BCUT2D eigenvalue weighted by Gasteiger charge is 2.23. The second-order valence-corrected chi connectivity index (χ2v) is 8.48. The van der Waals surface area contributed by atoms with Crippen LogP contribution in [0.25, 0.3) is 0 Å². The lowest BCUT2D eigenvalue weighted by Gasteiger charge is -2.18. The van der Waals surface area contributed by atoms with Crippen molar-refractivity contribution in [2.45, 2.75) is 17.9 Å². The fourth-order valence-corrected chi connectivity index (χ4v) is 4.70. The van der Waals surface area contributed by atoms with Gasteiger partial charge in [0.15, 0.2) is 0 Å². The average Bonchev–Trinajstić information content (AvgIpc) is 2.98. The molecule has 0 bridgehead atoms. The van der Waals surface area contributed by atoms with Crippen molar-refractivity contribution in [3.63, 3.8) is 0 Å². The minimum Gasteiger partial charge on any atom is -0.392 e. The van der Waals surface area contributed by atoms with Gasteiger partial charge in [0.2, 0.25) is 10.0 Å². The molecule has 0 aliphatic heterocycles. The van der Waals surface area contributed by atoms with Crippen molar-refractivity contribution in [1.29, 1.82) is 0 Å². The molecule has 7 heteroatoms. The maximum absolute atomic E-state index is 12.6. The van der Waals surface area contributed by atoms with Gasteiger partial charge in [-0.05, 0) is 51.5 Å². The highest BCUT2D eigenvalue weighted by molar-refractivity contribution is 9.10. The molecule has 0 radical (unpaired) electrons. The number of hydrogen-bond donors (Lipinski definition) is 1. The minimum atomic E-state index is -3.58. The van der Waals surface area contributed by atoms with Crippen molar-refractivity contribution in [3.05, 3.63) is 50.6 Å². The minimum absolute atomic E-state index is 0.183. The Bertz CT molecular complexity index is 699. The van der Waals surface area contributed by atoms with Crippen LogP contribution < -0.4 is 0 Å². The lowest BCUT2D eigenvalue weighted by molar-refractivity contribution is 0.281. The first-order valence-electron chi connectivity index (χ1n) is 6.33. The van der Waals surface area contributed by atoms with Crippen LogP contribution in [0.1, 0.15) is 10.4 Å². The predicted molar refractivity (Wildman–Crippen MR) is 87.9 cm³/mol. The zero-order chi connectivity index (χ0) is 15.5. The van der Waals surface area contributed by atoms with E-state index in [1.165, 1.54) is 10.4 Å². The van der Waals surface area contributed by atoms with Gasteiger partial charge < -0.3 is 5.11 Å². The molecule has 1 N–H and O–H groups in total. The lowest BCUT2D eigenvalue weighted by atomic mass is 10.2. The molecule has 0 fully saturated rings. The molecule has 0 saturated carbocycles. The Morgan fingerprint density at radius 1 is 1.33 bits per heavy atom. The molecule has 0 atom stereocenters. The first-order valence-corrected chi connectivity index (χ1v) is 9.44. The van der Waals surface area contributed by atoms with Crippen LogP contribution in [0.4, 0.5) is 0 Å². The first-order chi connectivity index (χ1) is 9.95. The highest BCUT2D eigenvalue weighted by atomic mass is 79.9. The van der Waals surface area contributed by atoms with Crippen molar-refractivity contribution in [3.8, 4) is 0 Å². The molecule has 1 aromatic carbocycles. The Kier molecular flexibility index (Phi) is 5.56. The van der Waals surface area contributed by atoms with E-state index < -0.39 is 10.0 Å². The monoisotopic (exact) mass is 389 g/mol. The third kappa shape index (κ3) is 3.92. The number of hydrogen-bond acceptors (Lipinski definition) is 4. The summed E-state index contributed by atoms with van der Waals surface area (Å²) in [5.74, 6) is 0. The molecular weight excluding hydrogens is 374 g/mol. The van der Waals surface area contributed by atoms with E-state index in [-0.39, 0.29) is 11.5 Å². The van der Waals surface area contributed by atoms with Crippen molar-refractivity contribution < 1.29 is 13.5 Å². The van der Waals surface area contributed by atoms with Gasteiger partial charge >= 0.3 is 0 Å². The van der Waals surface area contributed by atoms with E-state index in [1.54, 1.807) is 30.5 Å². The number of halogens is 1. The van der Waals surface area contributed by atoms with Gasteiger partial charge in [0.05, 0.1) is 11.5 Å². The van der Waals surface area contributed by atoms with Crippen LogP contribution in [0.3, 0.4) is 0 Å². The molecule has 1 aromatic heterocycles. The second-order valence-electron chi connectivity index (χ2n) is 4.58. The van der Waals surface area contributed by atoms with E-state index in [0.717, 1.165) is 4.88 Å². The van der Waals surface area contributed by atoms with Crippen molar-refractivity contribution in [2.24, 2.45) is 0 Å². The van der Waals surface area contributed by atoms with Crippen LogP contribution in [0.2, 0.25) is 0 Å². The maximum atomic E-state index is 12.6. The molecule has 2 rings (SSSR count). The number of likely N-dealkylation sites (N-methyl/N-ethyl adjacent to an activating group) is 1. The summed E-state index contributed by atoms with van der Waals surface area (Å²) in [5.41, 5.74) is 0.573. The van der Waals surface area contributed by atoms with Gasteiger partial charge in [-0.2, -0.15) is 0 Å². The Hall–Kier alpha value is -0.730. The molecule has 0 amide bonds. The van der Waals surface area contributed by atoms with Crippen LogP contribution >= 0.6 is 27.3 Å². The molecule has 1 heterocycles. The topological polar surface area (TPSA) is 57.6 Å². The third-order valence-corrected chi connectivity index (χ3v) is 6.91. The second kappa shape index (κ2) is 7.02. The molecule has 0 unspecified atom stereocenters. The summed E-state index contributed by atoms with van der Waals surface area (Å²) in [6, 6.07) is 8.78. The molecule has 2 aromatic rings. The van der Waals surface area contributed by atoms with Crippen molar-refractivity contribution in [2.75, 3.05) is 13.6 Å². The quantitative estimate of drug-likeness (QED) is 0.825. The van der Waals surface area contributed by atoms with Crippen LogP contribution in [-0.4, -0.2) is 31.4 Å². The zero-order valence-corrected chi connectivity index (χ0v) is 14.7. The number of rotatable bonds is 6. The molecule has 4 nitrogen and oxygen atoms in total. The fraction of sp³-hybridized carbons (Fsp3) is 0.286. The standard InChI is InChI=1S/C14H16BrNO3S2/c1-16(7-6-12-3-2-8-20-12)21(18,19)14-9-11(10-17)4-5-13(14)15/h2-5,8-9,17H,6-7,10H2,1H3. The number of aliphatic hydroxyl groups is 1. The molecule has 0 saturated heterocycles. The molecule has 0 spiro atoms. The van der Waals surface area contributed by atoms with E-state index >= 15 is 0 Å². The first kappa shape index (κ1) is 16.6. The molecule has 21 heavy (non-hydrogen) atoms. The van der Waals surface area contributed by atoms with Gasteiger partial charge in [0, 0.05) is 22.9 Å². The van der Waals surface area contributed by atoms with Crippen molar-refractivity contribution in [1.82, 2.24) is 4.31 Å². The SMILES string of the molecule is CN(CCc1cccs1)S(=O)(=O)c1cc(CO)ccc1Br. The number of nitrogens with zero attached hydrogens (tertiary/aromatic N) is 1. The van der Waals surface area contributed by atoms with E-state index in [0.29, 0.717) is 23.0 Å². The third-order valence-electron chi connectivity index (χ3n) is 3.12. The number of aliphatic hydroxyl groups excluding tert-OH is 1. The van der Waals surface area contributed by atoms with E-state index in [1.807, 2.05) is 17.5 Å².